The highest BCUT2D eigenvalue weighted by Gasteiger charge is 2.12. The number of halogens is 1. The molecule has 0 saturated heterocycles. The molecule has 0 atom stereocenters. The van der Waals surface area contributed by atoms with Crippen LogP contribution >= 0.6 is 27.3 Å². The minimum atomic E-state index is -0.269. The standard InChI is InChI=1S/C32H25BrN2O3S/c1-37-29-19-23(18-27(33)31(29)38-20-22-8-4-2-5-9-22)12-17-30(36)35-32-34-28(21-39-32)26-15-13-25(14-16-26)24-10-6-3-7-11-24/h2-19,21H,20H2,1H3,(H,34,35,36)/b17-12+. The number of nitrogens with zero attached hydrogens (tertiary/aromatic N) is 1. The highest BCUT2D eigenvalue weighted by molar-refractivity contribution is 9.10. The summed E-state index contributed by atoms with van der Waals surface area (Å²) in [6, 6.07) is 32.1. The summed E-state index contributed by atoms with van der Waals surface area (Å²) in [7, 11) is 1.59. The third-order valence-corrected chi connectivity index (χ3v) is 7.27. The van der Waals surface area contributed by atoms with Gasteiger partial charge in [-0.15, -0.1) is 11.3 Å². The molecule has 7 heteroatoms. The Labute approximate surface area is 239 Å². The molecule has 1 heterocycles. The van der Waals surface area contributed by atoms with Crippen molar-refractivity contribution in [1.82, 2.24) is 4.98 Å². The summed E-state index contributed by atoms with van der Waals surface area (Å²) in [6.45, 7) is 0.417. The summed E-state index contributed by atoms with van der Waals surface area (Å²) >= 11 is 4.96. The number of rotatable bonds is 9. The van der Waals surface area contributed by atoms with Crippen LogP contribution in [-0.2, 0) is 11.4 Å². The molecule has 0 bridgehead atoms. The Morgan fingerprint density at radius 2 is 1.59 bits per heavy atom. The van der Waals surface area contributed by atoms with Gasteiger partial charge in [0.1, 0.15) is 6.61 Å². The number of nitrogens with one attached hydrogen (secondary N) is 1. The normalized spacial score (nSPS) is 10.9. The Morgan fingerprint density at radius 1 is 0.923 bits per heavy atom. The molecule has 0 saturated carbocycles. The first-order valence-corrected chi connectivity index (χ1v) is 13.9. The quantitative estimate of drug-likeness (QED) is 0.173. The van der Waals surface area contributed by atoms with Gasteiger partial charge in [-0.3, -0.25) is 10.1 Å². The average molecular weight is 598 g/mol. The van der Waals surface area contributed by atoms with Crippen LogP contribution in [0.5, 0.6) is 11.5 Å². The minimum absolute atomic E-state index is 0.269. The van der Waals surface area contributed by atoms with Crippen LogP contribution in [0.3, 0.4) is 0 Å². The summed E-state index contributed by atoms with van der Waals surface area (Å²) < 4.78 is 12.3. The molecule has 0 unspecified atom stereocenters. The van der Waals surface area contributed by atoms with Gasteiger partial charge in [0.15, 0.2) is 16.6 Å². The number of amides is 1. The minimum Gasteiger partial charge on any atom is -0.493 e. The van der Waals surface area contributed by atoms with Gasteiger partial charge in [0.25, 0.3) is 0 Å². The Balaban J connectivity index is 1.22. The Bertz CT molecular complexity index is 1580. The van der Waals surface area contributed by atoms with E-state index in [9.17, 15) is 4.79 Å². The summed E-state index contributed by atoms with van der Waals surface area (Å²) in [5.74, 6) is 0.910. The van der Waals surface area contributed by atoms with Crippen LogP contribution < -0.4 is 14.8 Å². The molecule has 0 aliphatic carbocycles. The fourth-order valence-corrected chi connectivity index (χ4v) is 5.25. The second-order valence-electron chi connectivity index (χ2n) is 8.61. The first kappa shape index (κ1) is 26.4. The molecule has 1 amide bonds. The summed E-state index contributed by atoms with van der Waals surface area (Å²) in [6.07, 6.45) is 3.20. The number of aromatic nitrogens is 1. The number of carbonyl (C=O) groups is 1. The lowest BCUT2D eigenvalue weighted by atomic mass is 10.0. The van der Waals surface area contributed by atoms with E-state index in [-0.39, 0.29) is 5.91 Å². The molecule has 5 nitrogen and oxygen atoms in total. The third-order valence-electron chi connectivity index (χ3n) is 5.93. The van der Waals surface area contributed by atoms with E-state index in [2.05, 4.69) is 50.5 Å². The maximum atomic E-state index is 12.6. The molecule has 1 N–H and O–H groups in total. The highest BCUT2D eigenvalue weighted by Crippen LogP contribution is 2.37. The number of ether oxygens (including phenoxy) is 2. The van der Waals surface area contributed by atoms with E-state index in [4.69, 9.17) is 9.47 Å². The fraction of sp³-hybridized carbons (Fsp3) is 0.0625. The van der Waals surface area contributed by atoms with Crippen LogP contribution in [0.4, 0.5) is 5.13 Å². The van der Waals surface area contributed by atoms with E-state index in [0.717, 1.165) is 32.4 Å². The lowest BCUT2D eigenvalue weighted by Gasteiger charge is -2.13. The molecular weight excluding hydrogens is 572 g/mol. The van der Waals surface area contributed by atoms with Crippen LogP contribution in [0.1, 0.15) is 11.1 Å². The van der Waals surface area contributed by atoms with Gasteiger partial charge in [0.05, 0.1) is 17.3 Å². The van der Waals surface area contributed by atoms with Crippen LogP contribution in [0.2, 0.25) is 0 Å². The van der Waals surface area contributed by atoms with E-state index >= 15 is 0 Å². The molecule has 194 valence electrons. The number of methoxy groups -OCH3 is 1. The lowest BCUT2D eigenvalue weighted by Crippen LogP contribution is -2.07. The number of hydrogen-bond acceptors (Lipinski definition) is 5. The van der Waals surface area contributed by atoms with Crippen LogP contribution in [0.15, 0.2) is 113 Å². The molecule has 5 rings (SSSR count). The molecule has 0 aliphatic rings. The first-order chi connectivity index (χ1) is 19.1. The largest absolute Gasteiger partial charge is 0.493 e. The topological polar surface area (TPSA) is 60.5 Å². The summed E-state index contributed by atoms with van der Waals surface area (Å²) in [5, 5.41) is 5.32. The lowest BCUT2D eigenvalue weighted by molar-refractivity contribution is -0.111. The van der Waals surface area contributed by atoms with Crippen LogP contribution in [-0.4, -0.2) is 18.0 Å². The zero-order valence-corrected chi connectivity index (χ0v) is 23.5. The maximum Gasteiger partial charge on any atom is 0.250 e. The molecule has 0 aliphatic heterocycles. The van der Waals surface area contributed by atoms with E-state index in [1.807, 2.05) is 78.2 Å². The van der Waals surface area contributed by atoms with Gasteiger partial charge in [-0.1, -0.05) is 84.9 Å². The predicted octanol–water partition coefficient (Wildman–Crippen LogP) is 8.48. The van der Waals surface area contributed by atoms with Crippen LogP contribution in [0.25, 0.3) is 28.5 Å². The van der Waals surface area contributed by atoms with Crippen molar-refractivity contribution < 1.29 is 14.3 Å². The third kappa shape index (κ3) is 6.82. The SMILES string of the molecule is COc1cc(/C=C/C(=O)Nc2nc(-c3ccc(-c4ccccc4)cc3)cs2)cc(Br)c1OCc1ccccc1. The van der Waals surface area contributed by atoms with E-state index in [1.165, 1.54) is 23.0 Å². The molecule has 0 spiro atoms. The maximum absolute atomic E-state index is 12.6. The van der Waals surface area contributed by atoms with Crippen molar-refractivity contribution in [3.8, 4) is 33.9 Å². The van der Waals surface area contributed by atoms with Crippen molar-refractivity contribution in [2.75, 3.05) is 12.4 Å². The van der Waals surface area contributed by atoms with Gasteiger partial charge in [-0.25, -0.2) is 4.98 Å². The first-order valence-electron chi connectivity index (χ1n) is 12.2. The van der Waals surface area contributed by atoms with Crippen molar-refractivity contribution in [2.45, 2.75) is 6.61 Å². The molecule has 5 aromatic rings. The van der Waals surface area contributed by atoms with Crippen molar-refractivity contribution in [3.05, 3.63) is 124 Å². The average Bonchev–Trinajstić information content (AvgIpc) is 3.44. The van der Waals surface area contributed by atoms with Gasteiger partial charge in [0.2, 0.25) is 5.91 Å². The molecular formula is C32H25BrN2O3S. The van der Waals surface area contributed by atoms with Gasteiger partial charge < -0.3 is 9.47 Å². The molecule has 39 heavy (non-hydrogen) atoms. The zero-order chi connectivity index (χ0) is 27.0. The number of thiazole rings is 1. The van der Waals surface area contributed by atoms with E-state index < -0.39 is 0 Å². The Hall–Kier alpha value is -4.20. The number of anilines is 1. The Kier molecular flexibility index (Phi) is 8.51. The zero-order valence-electron chi connectivity index (χ0n) is 21.1. The van der Waals surface area contributed by atoms with E-state index in [0.29, 0.717) is 23.2 Å². The number of hydrogen-bond donors (Lipinski definition) is 1. The van der Waals surface area contributed by atoms with Gasteiger partial charge in [-0.2, -0.15) is 0 Å². The van der Waals surface area contributed by atoms with E-state index in [1.54, 1.807) is 13.2 Å². The molecule has 0 radical (unpaired) electrons. The van der Waals surface area contributed by atoms with Crippen molar-refractivity contribution in [3.63, 3.8) is 0 Å². The number of benzene rings is 4. The van der Waals surface area contributed by atoms with Crippen molar-refractivity contribution in [1.29, 1.82) is 0 Å². The Morgan fingerprint density at radius 3 is 2.31 bits per heavy atom. The molecule has 1 aromatic heterocycles. The van der Waals surface area contributed by atoms with Gasteiger partial charge >= 0.3 is 0 Å². The number of carbonyl (C=O) groups excluding carboxylic acids is 1. The smallest absolute Gasteiger partial charge is 0.250 e. The molecule has 0 fully saturated rings. The second-order valence-corrected chi connectivity index (χ2v) is 10.3. The van der Waals surface area contributed by atoms with Gasteiger partial charge in [-0.05, 0) is 56.4 Å². The molecule has 4 aromatic carbocycles. The summed E-state index contributed by atoms with van der Waals surface area (Å²) in [4.78, 5) is 17.2. The second kappa shape index (κ2) is 12.6. The summed E-state index contributed by atoms with van der Waals surface area (Å²) in [5.41, 5.74) is 5.97. The van der Waals surface area contributed by atoms with Crippen molar-refractivity contribution >= 4 is 44.4 Å². The van der Waals surface area contributed by atoms with Crippen LogP contribution in [0, 0.1) is 0 Å². The predicted molar refractivity (Wildman–Crippen MR) is 162 cm³/mol. The highest BCUT2D eigenvalue weighted by atomic mass is 79.9. The van der Waals surface area contributed by atoms with Crippen molar-refractivity contribution in [2.24, 2.45) is 0 Å². The fourth-order valence-electron chi connectivity index (χ4n) is 3.95. The monoisotopic (exact) mass is 596 g/mol. The van der Waals surface area contributed by atoms with Gasteiger partial charge in [0, 0.05) is 17.0 Å².